The molecule has 5 nitrogen and oxygen atoms in total. The molecule has 0 aromatic carbocycles. The SMILES string of the molecule is C#CC(C)(C)NC(=O)c1ccc(C(=O)O)o1. The number of hydrogen-bond donors (Lipinski definition) is 2. The molecule has 1 heterocycles. The first-order valence-electron chi connectivity index (χ1n) is 4.49. The van der Waals surface area contributed by atoms with Gasteiger partial charge in [-0.15, -0.1) is 6.42 Å². The molecule has 0 saturated heterocycles. The number of rotatable bonds is 3. The van der Waals surface area contributed by atoms with Crippen molar-refractivity contribution in [3.05, 3.63) is 23.7 Å². The van der Waals surface area contributed by atoms with Crippen LogP contribution in [0, 0.1) is 12.3 Å². The number of hydrogen-bond acceptors (Lipinski definition) is 3. The van der Waals surface area contributed by atoms with Crippen LogP contribution in [0.1, 0.15) is 35.0 Å². The van der Waals surface area contributed by atoms with Crippen LogP contribution in [0.5, 0.6) is 0 Å². The lowest BCUT2D eigenvalue weighted by molar-refractivity contribution is 0.0659. The van der Waals surface area contributed by atoms with E-state index in [9.17, 15) is 9.59 Å². The van der Waals surface area contributed by atoms with Crippen molar-refractivity contribution in [2.45, 2.75) is 19.4 Å². The molecule has 0 aliphatic rings. The Bertz CT molecular complexity index is 465. The minimum absolute atomic E-state index is 0.0827. The van der Waals surface area contributed by atoms with Crippen molar-refractivity contribution >= 4 is 11.9 Å². The van der Waals surface area contributed by atoms with Crippen LogP contribution in [0.2, 0.25) is 0 Å². The van der Waals surface area contributed by atoms with Crippen LogP contribution in [-0.4, -0.2) is 22.5 Å². The van der Waals surface area contributed by atoms with Gasteiger partial charge in [-0.05, 0) is 26.0 Å². The Morgan fingerprint density at radius 2 is 2.00 bits per heavy atom. The van der Waals surface area contributed by atoms with Crippen LogP contribution in [0.25, 0.3) is 0 Å². The zero-order chi connectivity index (χ0) is 12.3. The summed E-state index contributed by atoms with van der Waals surface area (Å²) in [5.41, 5.74) is -0.812. The van der Waals surface area contributed by atoms with Crippen LogP contribution in [0.15, 0.2) is 16.5 Å². The maximum Gasteiger partial charge on any atom is 0.371 e. The molecule has 0 fully saturated rings. The van der Waals surface area contributed by atoms with Gasteiger partial charge in [0.05, 0.1) is 5.54 Å². The average Bonchev–Trinajstić information content (AvgIpc) is 2.66. The maximum atomic E-state index is 11.6. The zero-order valence-electron chi connectivity index (χ0n) is 8.90. The third-order valence-corrected chi connectivity index (χ3v) is 1.83. The van der Waals surface area contributed by atoms with E-state index in [1.54, 1.807) is 13.8 Å². The van der Waals surface area contributed by atoms with Gasteiger partial charge < -0.3 is 14.8 Å². The first-order valence-corrected chi connectivity index (χ1v) is 4.49. The van der Waals surface area contributed by atoms with Crippen molar-refractivity contribution in [2.24, 2.45) is 0 Å². The van der Waals surface area contributed by atoms with E-state index in [-0.39, 0.29) is 11.5 Å². The quantitative estimate of drug-likeness (QED) is 0.749. The third kappa shape index (κ3) is 2.64. The van der Waals surface area contributed by atoms with Crippen LogP contribution in [0.3, 0.4) is 0 Å². The fourth-order valence-electron chi connectivity index (χ4n) is 0.956. The van der Waals surface area contributed by atoms with E-state index in [0.29, 0.717) is 0 Å². The fraction of sp³-hybridized carbons (Fsp3) is 0.273. The Hall–Kier alpha value is -2.22. The Morgan fingerprint density at radius 3 is 2.44 bits per heavy atom. The number of carboxylic acid groups (broad SMARTS) is 1. The number of nitrogens with one attached hydrogen (secondary N) is 1. The van der Waals surface area contributed by atoms with E-state index in [2.05, 4.69) is 11.2 Å². The summed E-state index contributed by atoms with van der Waals surface area (Å²) in [5, 5.41) is 11.1. The van der Waals surface area contributed by atoms with Crippen LogP contribution < -0.4 is 5.32 Å². The number of carboxylic acids is 1. The summed E-state index contributed by atoms with van der Waals surface area (Å²) in [5.74, 6) is 0.238. The van der Waals surface area contributed by atoms with Gasteiger partial charge >= 0.3 is 5.97 Å². The molecule has 1 aromatic rings. The first-order chi connectivity index (χ1) is 7.35. The van der Waals surface area contributed by atoms with Crippen LogP contribution in [0.4, 0.5) is 0 Å². The standard InChI is InChI=1S/C11H11NO4/c1-4-11(2,3)12-9(13)7-5-6-8(16-7)10(14)15/h1,5-6H,2-3H3,(H,12,13)(H,14,15). The molecule has 0 saturated carbocycles. The van der Waals surface area contributed by atoms with E-state index in [1.165, 1.54) is 12.1 Å². The highest BCUT2D eigenvalue weighted by Crippen LogP contribution is 2.09. The molecule has 0 aliphatic carbocycles. The number of terminal acetylenes is 1. The number of carbonyl (C=O) groups excluding carboxylic acids is 1. The van der Waals surface area contributed by atoms with Crippen molar-refractivity contribution in [3.63, 3.8) is 0 Å². The summed E-state index contributed by atoms with van der Waals surface area (Å²) in [6.07, 6.45) is 5.20. The number of aromatic carboxylic acids is 1. The molecule has 1 aromatic heterocycles. The smallest absolute Gasteiger partial charge is 0.371 e. The second kappa shape index (κ2) is 4.11. The number of furan rings is 1. The van der Waals surface area contributed by atoms with Gasteiger partial charge in [0, 0.05) is 0 Å². The molecule has 0 radical (unpaired) electrons. The van der Waals surface area contributed by atoms with Gasteiger partial charge in [0.15, 0.2) is 5.76 Å². The lowest BCUT2D eigenvalue weighted by Gasteiger charge is -2.18. The predicted molar refractivity (Wildman–Crippen MR) is 56.0 cm³/mol. The molecule has 0 spiro atoms. The van der Waals surface area contributed by atoms with Crippen molar-refractivity contribution in [2.75, 3.05) is 0 Å². The van der Waals surface area contributed by atoms with Crippen molar-refractivity contribution < 1.29 is 19.1 Å². The van der Waals surface area contributed by atoms with Gasteiger partial charge in [0.25, 0.3) is 5.91 Å². The Morgan fingerprint density at radius 1 is 1.44 bits per heavy atom. The fourth-order valence-corrected chi connectivity index (χ4v) is 0.956. The van der Waals surface area contributed by atoms with Gasteiger partial charge in [-0.25, -0.2) is 4.79 Å². The van der Waals surface area contributed by atoms with E-state index in [1.807, 2.05) is 0 Å². The molecule has 1 amide bonds. The second-order valence-electron chi connectivity index (χ2n) is 3.69. The van der Waals surface area contributed by atoms with Crippen molar-refractivity contribution in [1.82, 2.24) is 5.32 Å². The van der Waals surface area contributed by atoms with Gasteiger partial charge in [-0.2, -0.15) is 0 Å². The van der Waals surface area contributed by atoms with E-state index < -0.39 is 17.4 Å². The molecular weight excluding hydrogens is 210 g/mol. The molecule has 0 bridgehead atoms. The normalized spacial score (nSPS) is 10.6. The summed E-state index contributed by atoms with van der Waals surface area (Å²) in [4.78, 5) is 22.1. The minimum Gasteiger partial charge on any atom is -0.475 e. The maximum absolute atomic E-state index is 11.6. The molecule has 0 unspecified atom stereocenters. The van der Waals surface area contributed by atoms with E-state index >= 15 is 0 Å². The van der Waals surface area contributed by atoms with Gasteiger partial charge in [0.1, 0.15) is 0 Å². The topological polar surface area (TPSA) is 79.5 Å². The molecule has 2 N–H and O–H groups in total. The highest BCUT2D eigenvalue weighted by atomic mass is 16.4. The first kappa shape index (κ1) is 11.9. The molecule has 16 heavy (non-hydrogen) atoms. The molecule has 84 valence electrons. The third-order valence-electron chi connectivity index (χ3n) is 1.83. The Kier molecular flexibility index (Phi) is 3.04. The summed E-state index contributed by atoms with van der Waals surface area (Å²) in [6, 6.07) is 2.49. The Balaban J connectivity index is 2.82. The largest absolute Gasteiger partial charge is 0.475 e. The van der Waals surface area contributed by atoms with Crippen LogP contribution in [-0.2, 0) is 0 Å². The van der Waals surface area contributed by atoms with Gasteiger partial charge in [-0.3, -0.25) is 4.79 Å². The molecule has 5 heteroatoms. The zero-order valence-corrected chi connectivity index (χ0v) is 8.90. The van der Waals surface area contributed by atoms with E-state index in [4.69, 9.17) is 15.9 Å². The summed E-state index contributed by atoms with van der Waals surface area (Å²) in [7, 11) is 0. The average molecular weight is 221 g/mol. The predicted octanol–water partition coefficient (Wildman–Crippen LogP) is 1.12. The summed E-state index contributed by atoms with van der Waals surface area (Å²) >= 11 is 0. The molecule has 0 atom stereocenters. The summed E-state index contributed by atoms with van der Waals surface area (Å²) < 4.78 is 4.82. The molecule has 0 aliphatic heterocycles. The molecule has 1 rings (SSSR count). The van der Waals surface area contributed by atoms with Gasteiger partial charge in [0.2, 0.25) is 5.76 Å². The van der Waals surface area contributed by atoms with E-state index in [0.717, 1.165) is 0 Å². The minimum atomic E-state index is -1.23. The summed E-state index contributed by atoms with van der Waals surface area (Å²) in [6.45, 7) is 3.29. The highest BCUT2D eigenvalue weighted by Gasteiger charge is 2.21. The lowest BCUT2D eigenvalue weighted by atomic mass is 10.1. The van der Waals surface area contributed by atoms with Crippen molar-refractivity contribution in [3.8, 4) is 12.3 Å². The highest BCUT2D eigenvalue weighted by molar-refractivity contribution is 5.94. The van der Waals surface area contributed by atoms with Crippen LogP contribution >= 0.6 is 0 Å². The lowest BCUT2D eigenvalue weighted by Crippen LogP contribution is -2.41. The number of carbonyl (C=O) groups is 2. The monoisotopic (exact) mass is 221 g/mol. The second-order valence-corrected chi connectivity index (χ2v) is 3.69. The Labute approximate surface area is 92.4 Å². The van der Waals surface area contributed by atoms with Gasteiger partial charge in [-0.1, -0.05) is 5.92 Å². The van der Waals surface area contributed by atoms with Crippen molar-refractivity contribution in [1.29, 1.82) is 0 Å². The number of amides is 1. The molecular formula is C11H11NO4.